The predicted molar refractivity (Wildman–Crippen MR) is 55.5 cm³/mol. The van der Waals surface area contributed by atoms with Gasteiger partial charge in [-0.1, -0.05) is 0 Å². The molecule has 1 aromatic rings. The highest BCUT2D eigenvalue weighted by Crippen LogP contribution is 2.28. The average molecular weight is 215 g/mol. The molecule has 0 bridgehead atoms. The summed E-state index contributed by atoms with van der Waals surface area (Å²) in [5, 5.41) is 0.124. The Hall–Kier alpha value is -0.540. The zero-order chi connectivity index (χ0) is 9.97. The molecular weight excluding hydrogens is 200 g/mol. The molecule has 3 unspecified atom stereocenters. The smallest absolute Gasteiger partial charge is 0.107 e. The van der Waals surface area contributed by atoms with Crippen molar-refractivity contribution in [2.24, 2.45) is 5.92 Å². The lowest BCUT2D eigenvalue weighted by Gasteiger charge is -2.18. The highest BCUT2D eigenvalue weighted by Gasteiger charge is 2.30. The molecule has 1 aliphatic rings. The van der Waals surface area contributed by atoms with Gasteiger partial charge in [-0.05, 0) is 13.3 Å². The van der Waals surface area contributed by atoms with Crippen LogP contribution < -0.4 is 0 Å². The number of imidazole rings is 1. The van der Waals surface area contributed by atoms with Crippen LogP contribution >= 0.6 is 11.6 Å². The number of nitrogens with one attached hydrogen (secondary N) is 1. The Kier molecular flexibility index (Phi) is 3.08. The lowest BCUT2D eigenvalue weighted by molar-refractivity contribution is 0.104. The van der Waals surface area contributed by atoms with Crippen LogP contribution in [0.1, 0.15) is 19.2 Å². The molecule has 1 aliphatic heterocycles. The molecule has 0 spiro atoms. The summed E-state index contributed by atoms with van der Waals surface area (Å²) in [5.74, 6) is 1.42. The van der Waals surface area contributed by atoms with Crippen LogP contribution in [0.4, 0.5) is 0 Å². The number of halogens is 1. The summed E-state index contributed by atoms with van der Waals surface area (Å²) in [6.45, 7) is 2.93. The summed E-state index contributed by atoms with van der Waals surface area (Å²) in [5.41, 5.74) is 0. The largest absolute Gasteiger partial charge is 0.378 e. The van der Waals surface area contributed by atoms with Gasteiger partial charge in [-0.25, -0.2) is 4.98 Å². The van der Waals surface area contributed by atoms with E-state index in [0.29, 0.717) is 5.92 Å². The molecule has 1 fully saturated rings. The minimum Gasteiger partial charge on any atom is -0.378 e. The van der Waals surface area contributed by atoms with Gasteiger partial charge in [-0.15, -0.1) is 11.6 Å². The van der Waals surface area contributed by atoms with Gasteiger partial charge < -0.3 is 9.72 Å². The molecular formula is C10H15ClN2O. The van der Waals surface area contributed by atoms with Gasteiger partial charge in [0.1, 0.15) is 5.82 Å². The van der Waals surface area contributed by atoms with Crippen LogP contribution in [-0.4, -0.2) is 28.1 Å². The summed E-state index contributed by atoms with van der Waals surface area (Å²) in [4.78, 5) is 7.24. The number of rotatable bonds is 3. The summed E-state index contributed by atoms with van der Waals surface area (Å²) >= 11 is 6.33. The van der Waals surface area contributed by atoms with Crippen molar-refractivity contribution in [3.63, 3.8) is 0 Å². The second kappa shape index (κ2) is 4.32. The van der Waals surface area contributed by atoms with Gasteiger partial charge in [0.05, 0.1) is 6.10 Å². The number of nitrogens with zero attached hydrogens (tertiary/aromatic N) is 1. The van der Waals surface area contributed by atoms with Gasteiger partial charge in [0.2, 0.25) is 0 Å². The number of alkyl halides is 1. The zero-order valence-electron chi connectivity index (χ0n) is 8.24. The fourth-order valence-electron chi connectivity index (χ4n) is 1.97. The molecule has 4 heteroatoms. The maximum Gasteiger partial charge on any atom is 0.107 e. The van der Waals surface area contributed by atoms with Gasteiger partial charge in [0.15, 0.2) is 0 Å². The van der Waals surface area contributed by atoms with Crippen molar-refractivity contribution in [1.29, 1.82) is 0 Å². The molecule has 0 saturated carbocycles. The Bertz CT molecular complexity index is 276. The SMILES string of the molecule is CC1OCCC1C(Cl)Cc1ncc[nH]1. The van der Waals surface area contributed by atoms with E-state index in [1.54, 1.807) is 6.20 Å². The fourth-order valence-corrected chi connectivity index (χ4v) is 2.45. The monoisotopic (exact) mass is 214 g/mol. The van der Waals surface area contributed by atoms with Gasteiger partial charge in [-0.2, -0.15) is 0 Å². The third-order valence-electron chi connectivity index (χ3n) is 2.84. The van der Waals surface area contributed by atoms with Gasteiger partial charge in [0, 0.05) is 36.7 Å². The number of ether oxygens (including phenoxy) is 1. The quantitative estimate of drug-likeness (QED) is 0.782. The molecule has 3 atom stereocenters. The Morgan fingerprint density at radius 1 is 1.79 bits per heavy atom. The number of aromatic nitrogens is 2. The van der Waals surface area contributed by atoms with E-state index in [1.165, 1.54) is 0 Å². The first-order chi connectivity index (χ1) is 6.77. The van der Waals surface area contributed by atoms with E-state index in [4.69, 9.17) is 16.3 Å². The van der Waals surface area contributed by atoms with Crippen LogP contribution in [0.3, 0.4) is 0 Å². The van der Waals surface area contributed by atoms with Crippen molar-refractivity contribution in [3.05, 3.63) is 18.2 Å². The molecule has 0 radical (unpaired) electrons. The molecule has 14 heavy (non-hydrogen) atoms. The van der Waals surface area contributed by atoms with E-state index in [0.717, 1.165) is 25.3 Å². The first-order valence-electron chi connectivity index (χ1n) is 5.01. The topological polar surface area (TPSA) is 37.9 Å². The fraction of sp³-hybridized carbons (Fsp3) is 0.700. The highest BCUT2D eigenvalue weighted by molar-refractivity contribution is 6.20. The van der Waals surface area contributed by atoms with Gasteiger partial charge in [0.25, 0.3) is 0 Å². The average Bonchev–Trinajstić information content (AvgIpc) is 2.75. The van der Waals surface area contributed by atoms with E-state index >= 15 is 0 Å². The van der Waals surface area contributed by atoms with Gasteiger partial charge in [-0.3, -0.25) is 0 Å². The number of H-pyrrole nitrogens is 1. The van der Waals surface area contributed by atoms with Crippen molar-refractivity contribution < 1.29 is 4.74 Å². The van der Waals surface area contributed by atoms with E-state index in [9.17, 15) is 0 Å². The summed E-state index contributed by atoms with van der Waals surface area (Å²) < 4.78 is 5.49. The van der Waals surface area contributed by atoms with Crippen LogP contribution in [0, 0.1) is 5.92 Å². The zero-order valence-corrected chi connectivity index (χ0v) is 9.00. The first-order valence-corrected chi connectivity index (χ1v) is 5.45. The molecule has 2 rings (SSSR count). The second-order valence-electron chi connectivity index (χ2n) is 3.78. The Balaban J connectivity index is 1.92. The van der Waals surface area contributed by atoms with Crippen LogP contribution in [0.25, 0.3) is 0 Å². The molecule has 2 heterocycles. The third kappa shape index (κ3) is 2.10. The van der Waals surface area contributed by atoms with Crippen LogP contribution in [-0.2, 0) is 11.2 Å². The summed E-state index contributed by atoms with van der Waals surface area (Å²) in [6.07, 6.45) is 5.73. The Morgan fingerprint density at radius 2 is 2.64 bits per heavy atom. The normalized spacial score (nSPS) is 29.3. The lowest BCUT2D eigenvalue weighted by atomic mass is 9.96. The predicted octanol–water partition coefficient (Wildman–Crippen LogP) is 1.98. The van der Waals surface area contributed by atoms with Crippen molar-refractivity contribution in [1.82, 2.24) is 9.97 Å². The molecule has 0 aromatic carbocycles. The maximum absolute atomic E-state index is 6.33. The lowest BCUT2D eigenvalue weighted by Crippen LogP contribution is -2.24. The molecule has 78 valence electrons. The number of aromatic amines is 1. The highest BCUT2D eigenvalue weighted by atomic mass is 35.5. The van der Waals surface area contributed by atoms with Crippen molar-refractivity contribution in [3.8, 4) is 0 Å². The van der Waals surface area contributed by atoms with Crippen molar-refractivity contribution in [2.45, 2.75) is 31.2 Å². The molecule has 1 N–H and O–H groups in total. The van der Waals surface area contributed by atoms with E-state index in [2.05, 4.69) is 16.9 Å². The third-order valence-corrected chi connectivity index (χ3v) is 3.32. The minimum absolute atomic E-state index is 0.124. The summed E-state index contributed by atoms with van der Waals surface area (Å²) in [7, 11) is 0. The Morgan fingerprint density at radius 3 is 3.21 bits per heavy atom. The molecule has 1 aromatic heterocycles. The van der Waals surface area contributed by atoms with Crippen molar-refractivity contribution in [2.75, 3.05) is 6.61 Å². The van der Waals surface area contributed by atoms with Crippen LogP contribution in [0.2, 0.25) is 0 Å². The van der Waals surface area contributed by atoms with E-state index in [-0.39, 0.29) is 11.5 Å². The van der Waals surface area contributed by atoms with Gasteiger partial charge >= 0.3 is 0 Å². The minimum atomic E-state index is 0.124. The van der Waals surface area contributed by atoms with E-state index in [1.807, 2.05) is 6.20 Å². The molecule has 3 nitrogen and oxygen atoms in total. The van der Waals surface area contributed by atoms with E-state index < -0.39 is 0 Å². The standard InChI is InChI=1S/C10H15ClN2O/c1-7-8(2-5-14-7)9(11)6-10-12-3-4-13-10/h3-4,7-9H,2,5-6H2,1H3,(H,12,13). The maximum atomic E-state index is 6.33. The number of hydrogen-bond acceptors (Lipinski definition) is 2. The molecule has 0 aliphatic carbocycles. The Labute approximate surface area is 88.8 Å². The number of hydrogen-bond donors (Lipinski definition) is 1. The first kappa shape index (κ1) is 9.99. The second-order valence-corrected chi connectivity index (χ2v) is 4.35. The molecule has 1 saturated heterocycles. The van der Waals surface area contributed by atoms with Crippen molar-refractivity contribution >= 4 is 11.6 Å². The summed E-state index contributed by atoms with van der Waals surface area (Å²) in [6, 6.07) is 0. The van der Waals surface area contributed by atoms with Crippen LogP contribution in [0.5, 0.6) is 0 Å². The van der Waals surface area contributed by atoms with Crippen LogP contribution in [0.15, 0.2) is 12.4 Å². The molecule has 0 amide bonds.